The molecular formula is C21H35N7O. The number of hydrogen-bond donors (Lipinski definition) is 1. The van der Waals surface area contributed by atoms with Crippen LogP contribution in [-0.4, -0.2) is 105 Å². The highest BCUT2D eigenvalue weighted by Gasteiger charge is 2.31. The molecule has 1 aromatic rings. The molecule has 2 aliphatic heterocycles. The van der Waals surface area contributed by atoms with Crippen molar-refractivity contribution in [1.82, 2.24) is 25.0 Å². The van der Waals surface area contributed by atoms with Gasteiger partial charge in [-0.2, -0.15) is 0 Å². The van der Waals surface area contributed by atoms with Crippen LogP contribution in [0.5, 0.6) is 0 Å². The molecule has 1 aromatic heterocycles. The van der Waals surface area contributed by atoms with Crippen molar-refractivity contribution in [2.24, 2.45) is 4.99 Å². The summed E-state index contributed by atoms with van der Waals surface area (Å²) in [4.78, 5) is 29.9. The number of likely N-dealkylation sites (N-methyl/N-ethyl adjacent to an activating group) is 1. The van der Waals surface area contributed by atoms with Gasteiger partial charge in [-0.3, -0.25) is 14.7 Å². The molecule has 1 amide bonds. The van der Waals surface area contributed by atoms with E-state index in [0.29, 0.717) is 0 Å². The third kappa shape index (κ3) is 5.59. The van der Waals surface area contributed by atoms with E-state index in [0.717, 1.165) is 76.9 Å². The monoisotopic (exact) mass is 401 g/mol. The van der Waals surface area contributed by atoms with Crippen LogP contribution in [0.1, 0.15) is 19.3 Å². The molecule has 1 N–H and O–H groups in total. The number of likely N-dealkylation sites (tertiary alicyclic amines) is 1. The van der Waals surface area contributed by atoms with Crippen LogP contribution in [0.4, 0.5) is 5.82 Å². The number of pyridine rings is 1. The van der Waals surface area contributed by atoms with Gasteiger partial charge < -0.3 is 20.0 Å². The molecule has 2 fully saturated rings. The van der Waals surface area contributed by atoms with Crippen molar-refractivity contribution >= 4 is 17.7 Å². The van der Waals surface area contributed by atoms with E-state index >= 15 is 0 Å². The normalized spacial score (nSPS) is 20.8. The van der Waals surface area contributed by atoms with Crippen molar-refractivity contribution < 1.29 is 4.79 Å². The van der Waals surface area contributed by atoms with Gasteiger partial charge in [0.2, 0.25) is 5.91 Å². The van der Waals surface area contributed by atoms with E-state index in [9.17, 15) is 4.79 Å². The SMILES string of the molecule is CN=C(NCCCN1CCCC1C(=O)N(C)C)N1CCN(c2ccccn2)CC1. The number of nitrogens with zero attached hydrogens (tertiary/aromatic N) is 6. The van der Waals surface area contributed by atoms with Crippen molar-refractivity contribution in [2.45, 2.75) is 25.3 Å². The van der Waals surface area contributed by atoms with Crippen molar-refractivity contribution in [3.05, 3.63) is 24.4 Å². The summed E-state index contributed by atoms with van der Waals surface area (Å²) in [5.41, 5.74) is 0. The molecule has 2 aliphatic rings. The maximum atomic E-state index is 12.3. The van der Waals surface area contributed by atoms with Crippen LogP contribution in [-0.2, 0) is 4.79 Å². The third-order valence-corrected chi connectivity index (χ3v) is 5.76. The predicted molar refractivity (Wildman–Crippen MR) is 117 cm³/mol. The van der Waals surface area contributed by atoms with Gasteiger partial charge in [0.05, 0.1) is 6.04 Å². The van der Waals surface area contributed by atoms with Crippen molar-refractivity contribution in [2.75, 3.05) is 71.9 Å². The van der Waals surface area contributed by atoms with Crippen LogP contribution < -0.4 is 10.2 Å². The quantitative estimate of drug-likeness (QED) is 0.431. The topological polar surface area (TPSA) is 67.3 Å². The minimum absolute atomic E-state index is 0.0592. The lowest BCUT2D eigenvalue weighted by atomic mass is 10.2. The summed E-state index contributed by atoms with van der Waals surface area (Å²) in [5, 5.41) is 3.50. The smallest absolute Gasteiger partial charge is 0.239 e. The lowest BCUT2D eigenvalue weighted by Crippen LogP contribution is -2.53. The molecule has 0 radical (unpaired) electrons. The molecule has 8 heteroatoms. The predicted octanol–water partition coefficient (Wildman–Crippen LogP) is 0.722. The van der Waals surface area contributed by atoms with Gasteiger partial charge >= 0.3 is 0 Å². The van der Waals surface area contributed by atoms with Crippen LogP contribution in [0.3, 0.4) is 0 Å². The van der Waals surface area contributed by atoms with E-state index in [1.54, 1.807) is 4.90 Å². The molecule has 0 bridgehead atoms. The molecule has 0 aromatic carbocycles. The summed E-state index contributed by atoms with van der Waals surface area (Å²) in [6, 6.07) is 6.11. The number of rotatable bonds is 6. The second-order valence-electron chi connectivity index (χ2n) is 7.92. The number of aromatic nitrogens is 1. The van der Waals surface area contributed by atoms with Crippen molar-refractivity contribution in [1.29, 1.82) is 0 Å². The Bertz CT molecular complexity index is 671. The number of aliphatic imine (C=N–C) groups is 1. The summed E-state index contributed by atoms with van der Waals surface area (Å²) >= 11 is 0. The first-order chi connectivity index (χ1) is 14.1. The molecule has 1 unspecified atom stereocenters. The fraction of sp³-hybridized carbons (Fsp3) is 0.667. The van der Waals surface area contributed by atoms with Crippen LogP contribution in [0.25, 0.3) is 0 Å². The molecule has 0 spiro atoms. The highest BCUT2D eigenvalue weighted by atomic mass is 16.2. The standard InChI is InChI=1S/C21H35N7O/c1-22-21(28-16-14-27(15-17-28)19-9-4-5-10-23-19)24-11-7-13-26-12-6-8-18(26)20(29)25(2)3/h4-5,9-10,18H,6-8,11-17H2,1-3H3,(H,22,24). The number of carbonyl (C=O) groups is 1. The van der Waals surface area contributed by atoms with E-state index in [-0.39, 0.29) is 11.9 Å². The lowest BCUT2D eigenvalue weighted by molar-refractivity contribution is -0.133. The van der Waals surface area contributed by atoms with E-state index in [1.807, 2.05) is 39.5 Å². The first-order valence-electron chi connectivity index (χ1n) is 10.7. The summed E-state index contributed by atoms with van der Waals surface area (Å²) in [6.07, 6.45) is 4.94. The Balaban J connectivity index is 1.39. The Morgan fingerprint density at radius 2 is 2.03 bits per heavy atom. The van der Waals surface area contributed by atoms with Crippen LogP contribution in [0.15, 0.2) is 29.4 Å². The number of guanidine groups is 1. The maximum absolute atomic E-state index is 12.3. The molecule has 3 heterocycles. The molecule has 0 aliphatic carbocycles. The average molecular weight is 402 g/mol. The Hall–Kier alpha value is -2.35. The Kier molecular flexibility index (Phi) is 7.69. The number of hydrogen-bond acceptors (Lipinski definition) is 5. The van der Waals surface area contributed by atoms with Gasteiger partial charge in [0.1, 0.15) is 5.82 Å². The lowest BCUT2D eigenvalue weighted by Gasteiger charge is -2.37. The zero-order valence-electron chi connectivity index (χ0n) is 18.0. The second kappa shape index (κ2) is 10.4. The summed E-state index contributed by atoms with van der Waals surface area (Å²) in [6.45, 7) is 6.59. The van der Waals surface area contributed by atoms with Crippen LogP contribution in [0, 0.1) is 0 Å². The zero-order valence-corrected chi connectivity index (χ0v) is 18.0. The van der Waals surface area contributed by atoms with Gasteiger partial charge in [-0.15, -0.1) is 0 Å². The van der Waals surface area contributed by atoms with Gasteiger partial charge in [0, 0.05) is 66.6 Å². The first-order valence-corrected chi connectivity index (χ1v) is 10.7. The minimum Gasteiger partial charge on any atom is -0.356 e. The fourth-order valence-corrected chi connectivity index (χ4v) is 4.17. The Labute approximate surface area is 174 Å². The van der Waals surface area contributed by atoms with Crippen LogP contribution in [0.2, 0.25) is 0 Å². The summed E-state index contributed by atoms with van der Waals surface area (Å²) in [7, 11) is 5.54. The number of carbonyl (C=O) groups excluding carboxylic acids is 1. The zero-order chi connectivity index (χ0) is 20.6. The molecule has 1 atom stereocenters. The van der Waals surface area contributed by atoms with E-state index in [1.165, 1.54) is 0 Å². The Morgan fingerprint density at radius 3 is 2.69 bits per heavy atom. The molecule has 2 saturated heterocycles. The van der Waals surface area contributed by atoms with Gasteiger partial charge in [-0.25, -0.2) is 4.98 Å². The highest BCUT2D eigenvalue weighted by Crippen LogP contribution is 2.18. The molecule has 29 heavy (non-hydrogen) atoms. The third-order valence-electron chi connectivity index (χ3n) is 5.76. The summed E-state index contributed by atoms with van der Waals surface area (Å²) < 4.78 is 0. The number of nitrogens with one attached hydrogen (secondary N) is 1. The number of amides is 1. The van der Waals surface area contributed by atoms with E-state index < -0.39 is 0 Å². The van der Waals surface area contributed by atoms with Crippen molar-refractivity contribution in [3.63, 3.8) is 0 Å². The van der Waals surface area contributed by atoms with Gasteiger partial charge in [-0.05, 0) is 37.9 Å². The molecule has 160 valence electrons. The van der Waals surface area contributed by atoms with Crippen LogP contribution >= 0.6 is 0 Å². The number of anilines is 1. The Morgan fingerprint density at radius 1 is 1.24 bits per heavy atom. The van der Waals surface area contributed by atoms with Gasteiger partial charge in [-0.1, -0.05) is 6.07 Å². The summed E-state index contributed by atoms with van der Waals surface area (Å²) in [5.74, 6) is 2.24. The van der Waals surface area contributed by atoms with E-state index in [2.05, 4.69) is 36.1 Å². The van der Waals surface area contributed by atoms with Gasteiger partial charge in [0.15, 0.2) is 5.96 Å². The maximum Gasteiger partial charge on any atom is 0.239 e. The molecular weight excluding hydrogens is 366 g/mol. The fourth-order valence-electron chi connectivity index (χ4n) is 4.17. The second-order valence-corrected chi connectivity index (χ2v) is 7.92. The highest BCUT2D eigenvalue weighted by molar-refractivity contribution is 5.81. The number of piperazine rings is 1. The minimum atomic E-state index is 0.0592. The molecule has 8 nitrogen and oxygen atoms in total. The van der Waals surface area contributed by atoms with Gasteiger partial charge in [0.25, 0.3) is 0 Å². The first kappa shape index (κ1) is 21.4. The van der Waals surface area contributed by atoms with E-state index in [4.69, 9.17) is 0 Å². The molecule has 0 saturated carbocycles. The largest absolute Gasteiger partial charge is 0.356 e. The average Bonchev–Trinajstić information content (AvgIpc) is 3.22. The molecule has 3 rings (SSSR count). The van der Waals surface area contributed by atoms with Crippen molar-refractivity contribution in [3.8, 4) is 0 Å².